The molecule has 0 saturated carbocycles. The highest BCUT2D eigenvalue weighted by atomic mass is 35.5. The van der Waals surface area contributed by atoms with E-state index in [9.17, 15) is 0 Å². The van der Waals surface area contributed by atoms with Gasteiger partial charge >= 0.3 is 0 Å². The van der Waals surface area contributed by atoms with Crippen molar-refractivity contribution in [3.05, 3.63) is 53.4 Å². The first-order valence-corrected chi connectivity index (χ1v) is 5.70. The average Bonchev–Trinajstić information content (AvgIpc) is 2.65. The van der Waals surface area contributed by atoms with Crippen LogP contribution in [0.2, 0.25) is 5.15 Å². The Morgan fingerprint density at radius 2 is 1.76 bits per heavy atom. The molecule has 0 unspecified atom stereocenters. The lowest BCUT2D eigenvalue weighted by Crippen LogP contribution is -1.97. The number of halogens is 1. The number of hydrogen-bond acceptors (Lipinski definition) is 2. The van der Waals surface area contributed by atoms with Crippen molar-refractivity contribution in [2.75, 3.05) is 0 Å². The zero-order chi connectivity index (χ0) is 11.8. The molecule has 3 nitrogen and oxygen atoms in total. The summed E-state index contributed by atoms with van der Waals surface area (Å²) < 4.78 is 2.00. The van der Waals surface area contributed by atoms with Crippen molar-refractivity contribution in [2.45, 2.75) is 6.92 Å². The predicted octanol–water partition coefficient (Wildman–Crippen LogP) is 3.38. The molecule has 1 aromatic carbocycles. The molecule has 0 fully saturated rings. The molecule has 4 heteroatoms. The smallest absolute Gasteiger partial charge is 0.166 e. The number of fused-ring (bicyclic) bond motifs is 1. The van der Waals surface area contributed by atoms with Crippen molar-refractivity contribution in [2.24, 2.45) is 0 Å². The van der Waals surface area contributed by atoms with E-state index in [1.807, 2.05) is 47.9 Å². The molecule has 0 N–H and O–H groups in total. The normalized spacial score (nSPS) is 10.9. The molecule has 3 rings (SSSR count). The molecule has 0 atom stereocenters. The Morgan fingerprint density at radius 1 is 1.00 bits per heavy atom. The SMILES string of the molecule is Cc1nc2ccc(Cl)nc2n1-c1ccccc1. The summed E-state index contributed by atoms with van der Waals surface area (Å²) >= 11 is 5.94. The molecule has 17 heavy (non-hydrogen) atoms. The average molecular weight is 244 g/mol. The highest BCUT2D eigenvalue weighted by molar-refractivity contribution is 6.29. The lowest BCUT2D eigenvalue weighted by atomic mass is 10.3. The second-order valence-corrected chi connectivity index (χ2v) is 4.19. The molecule has 0 aliphatic heterocycles. The number of hydrogen-bond donors (Lipinski definition) is 0. The number of para-hydroxylation sites is 1. The summed E-state index contributed by atoms with van der Waals surface area (Å²) in [7, 11) is 0. The predicted molar refractivity (Wildman–Crippen MR) is 68.6 cm³/mol. The highest BCUT2D eigenvalue weighted by Gasteiger charge is 2.10. The van der Waals surface area contributed by atoms with E-state index in [2.05, 4.69) is 9.97 Å². The van der Waals surface area contributed by atoms with Gasteiger partial charge in [-0.15, -0.1) is 0 Å². The number of aromatic nitrogens is 3. The van der Waals surface area contributed by atoms with Crippen LogP contribution in [-0.2, 0) is 0 Å². The molecule has 2 aromatic heterocycles. The van der Waals surface area contributed by atoms with Gasteiger partial charge in [-0.3, -0.25) is 4.57 Å². The standard InChI is InChI=1S/C13H10ClN3/c1-9-15-11-7-8-12(14)16-13(11)17(9)10-5-3-2-4-6-10/h2-8H,1H3. The Kier molecular flexibility index (Phi) is 2.34. The van der Waals surface area contributed by atoms with E-state index in [0.29, 0.717) is 5.15 Å². The second-order valence-electron chi connectivity index (χ2n) is 3.81. The zero-order valence-corrected chi connectivity index (χ0v) is 10.0. The van der Waals surface area contributed by atoms with Crippen LogP contribution in [-0.4, -0.2) is 14.5 Å². The second kappa shape index (κ2) is 3.86. The fraction of sp³-hybridized carbons (Fsp3) is 0.0769. The van der Waals surface area contributed by atoms with Crippen LogP contribution in [0, 0.1) is 6.92 Å². The van der Waals surface area contributed by atoms with Gasteiger partial charge in [0.2, 0.25) is 0 Å². The Bertz CT molecular complexity index is 674. The van der Waals surface area contributed by atoms with E-state index in [1.54, 1.807) is 6.07 Å². The molecule has 0 amide bonds. The summed E-state index contributed by atoms with van der Waals surface area (Å²) in [6.07, 6.45) is 0. The van der Waals surface area contributed by atoms with Crippen LogP contribution in [0.3, 0.4) is 0 Å². The summed E-state index contributed by atoms with van der Waals surface area (Å²) in [5.74, 6) is 0.904. The summed E-state index contributed by atoms with van der Waals surface area (Å²) in [6.45, 7) is 1.96. The third-order valence-corrected chi connectivity index (χ3v) is 2.86. The van der Waals surface area contributed by atoms with Gasteiger partial charge in [0.15, 0.2) is 5.65 Å². The number of rotatable bonds is 1. The number of nitrogens with zero attached hydrogens (tertiary/aromatic N) is 3. The van der Waals surface area contributed by atoms with Gasteiger partial charge in [0.05, 0.1) is 0 Å². The van der Waals surface area contributed by atoms with Crippen LogP contribution < -0.4 is 0 Å². The van der Waals surface area contributed by atoms with Crippen LogP contribution in [0.5, 0.6) is 0 Å². The lowest BCUT2D eigenvalue weighted by molar-refractivity contribution is 0.987. The minimum atomic E-state index is 0.481. The van der Waals surface area contributed by atoms with Crippen LogP contribution in [0.4, 0.5) is 0 Å². The topological polar surface area (TPSA) is 30.7 Å². The van der Waals surface area contributed by atoms with Gasteiger partial charge in [-0.2, -0.15) is 0 Å². The quantitative estimate of drug-likeness (QED) is 0.614. The van der Waals surface area contributed by atoms with E-state index >= 15 is 0 Å². The molecular weight excluding hydrogens is 234 g/mol. The molecule has 0 bridgehead atoms. The summed E-state index contributed by atoms with van der Waals surface area (Å²) in [6, 6.07) is 13.7. The van der Waals surface area contributed by atoms with Gasteiger partial charge in [0, 0.05) is 5.69 Å². The van der Waals surface area contributed by atoms with Gasteiger partial charge in [-0.25, -0.2) is 9.97 Å². The Hall–Kier alpha value is -1.87. The van der Waals surface area contributed by atoms with Crippen LogP contribution >= 0.6 is 11.6 Å². The summed E-state index contributed by atoms with van der Waals surface area (Å²) in [5.41, 5.74) is 2.69. The van der Waals surface area contributed by atoms with Gasteiger partial charge in [0.1, 0.15) is 16.5 Å². The fourth-order valence-corrected chi connectivity index (χ4v) is 2.08. The van der Waals surface area contributed by atoms with E-state index in [4.69, 9.17) is 11.6 Å². The third-order valence-electron chi connectivity index (χ3n) is 2.65. The summed E-state index contributed by atoms with van der Waals surface area (Å²) in [4.78, 5) is 8.81. The van der Waals surface area contributed by atoms with E-state index in [0.717, 1.165) is 22.7 Å². The maximum absolute atomic E-state index is 5.94. The van der Waals surface area contributed by atoms with Crippen molar-refractivity contribution in [3.63, 3.8) is 0 Å². The third kappa shape index (κ3) is 1.68. The number of imidazole rings is 1. The van der Waals surface area contributed by atoms with Crippen LogP contribution in [0.25, 0.3) is 16.9 Å². The van der Waals surface area contributed by atoms with Crippen molar-refractivity contribution in [1.82, 2.24) is 14.5 Å². The first-order valence-electron chi connectivity index (χ1n) is 5.33. The van der Waals surface area contributed by atoms with Crippen molar-refractivity contribution in [3.8, 4) is 5.69 Å². The largest absolute Gasteiger partial charge is 0.281 e. The van der Waals surface area contributed by atoms with Crippen molar-refractivity contribution < 1.29 is 0 Å². The zero-order valence-electron chi connectivity index (χ0n) is 9.26. The van der Waals surface area contributed by atoms with Crippen molar-refractivity contribution >= 4 is 22.8 Å². The lowest BCUT2D eigenvalue weighted by Gasteiger charge is -2.05. The molecule has 2 heterocycles. The van der Waals surface area contributed by atoms with Gasteiger partial charge in [0.25, 0.3) is 0 Å². The Morgan fingerprint density at radius 3 is 2.53 bits per heavy atom. The van der Waals surface area contributed by atoms with Gasteiger partial charge in [-0.1, -0.05) is 29.8 Å². The number of pyridine rings is 1. The monoisotopic (exact) mass is 243 g/mol. The molecule has 84 valence electrons. The molecule has 0 spiro atoms. The van der Waals surface area contributed by atoms with Crippen LogP contribution in [0.15, 0.2) is 42.5 Å². The number of aryl methyl sites for hydroxylation is 1. The van der Waals surface area contributed by atoms with Crippen LogP contribution in [0.1, 0.15) is 5.82 Å². The summed E-state index contributed by atoms with van der Waals surface area (Å²) in [5, 5.41) is 0.481. The first-order chi connectivity index (χ1) is 8.25. The van der Waals surface area contributed by atoms with Gasteiger partial charge in [-0.05, 0) is 31.2 Å². The van der Waals surface area contributed by atoms with E-state index < -0.39 is 0 Å². The molecular formula is C13H10ClN3. The van der Waals surface area contributed by atoms with Crippen molar-refractivity contribution in [1.29, 1.82) is 0 Å². The van der Waals surface area contributed by atoms with E-state index in [-0.39, 0.29) is 0 Å². The minimum Gasteiger partial charge on any atom is -0.281 e. The Labute approximate surface area is 104 Å². The maximum Gasteiger partial charge on any atom is 0.166 e. The first kappa shape index (κ1) is 10.3. The minimum absolute atomic E-state index is 0.481. The fourth-order valence-electron chi connectivity index (χ4n) is 1.93. The van der Waals surface area contributed by atoms with Gasteiger partial charge < -0.3 is 0 Å². The number of benzene rings is 1. The molecule has 0 saturated heterocycles. The molecule has 0 radical (unpaired) electrons. The molecule has 0 aliphatic carbocycles. The maximum atomic E-state index is 5.94. The molecule has 3 aromatic rings. The highest BCUT2D eigenvalue weighted by Crippen LogP contribution is 2.20. The Balaban J connectivity index is 2.35. The molecule has 0 aliphatic rings. The van der Waals surface area contributed by atoms with E-state index in [1.165, 1.54) is 0 Å².